The van der Waals surface area contributed by atoms with Crippen molar-refractivity contribution in [2.24, 2.45) is 0 Å². The molecule has 1 aliphatic heterocycles. The second-order valence-electron chi connectivity index (χ2n) is 7.55. The highest BCUT2D eigenvalue weighted by Gasteiger charge is 2.34. The van der Waals surface area contributed by atoms with E-state index in [-0.39, 0.29) is 12.0 Å². The van der Waals surface area contributed by atoms with E-state index in [1.807, 2.05) is 57.2 Å². The molecule has 1 N–H and O–H groups in total. The first kappa shape index (κ1) is 18.0. The molecule has 0 bridgehead atoms. The lowest BCUT2D eigenvalue weighted by Crippen LogP contribution is -2.50. The molecule has 5 heteroatoms. The second kappa shape index (κ2) is 6.83. The van der Waals surface area contributed by atoms with E-state index in [1.165, 1.54) is 0 Å². The average molecular weight is 353 g/mol. The molecule has 1 amide bonds. The summed E-state index contributed by atoms with van der Waals surface area (Å²) in [6, 6.07) is 14.9. The van der Waals surface area contributed by atoms with E-state index in [4.69, 9.17) is 4.74 Å². The van der Waals surface area contributed by atoms with E-state index in [0.29, 0.717) is 24.2 Å². The second-order valence-corrected chi connectivity index (χ2v) is 7.55. The zero-order valence-electron chi connectivity index (χ0n) is 15.2. The van der Waals surface area contributed by atoms with Gasteiger partial charge in [-0.05, 0) is 43.5 Å². The molecular weight excluding hydrogens is 330 g/mol. The summed E-state index contributed by atoms with van der Waals surface area (Å²) in [5.74, 6) is -0.650. The summed E-state index contributed by atoms with van der Waals surface area (Å²) in [6.45, 7) is 6.85. The van der Waals surface area contributed by atoms with E-state index in [1.54, 1.807) is 17.0 Å². The van der Waals surface area contributed by atoms with Crippen LogP contribution in [-0.2, 0) is 4.74 Å². The number of carbonyl (C=O) groups excluding carboxylic acids is 1. The summed E-state index contributed by atoms with van der Waals surface area (Å²) in [5, 5.41) is 9.33. The van der Waals surface area contributed by atoms with Gasteiger partial charge in [-0.2, -0.15) is 0 Å². The van der Waals surface area contributed by atoms with E-state index in [2.05, 4.69) is 0 Å². The normalized spacial score (nSPS) is 14.7. The number of carboxylic acid groups (broad SMARTS) is 1. The third-order valence-corrected chi connectivity index (χ3v) is 4.38. The van der Waals surface area contributed by atoms with Crippen molar-refractivity contribution in [1.82, 2.24) is 4.90 Å². The molecule has 1 fully saturated rings. The summed E-state index contributed by atoms with van der Waals surface area (Å²) in [7, 11) is 0. The first-order valence-corrected chi connectivity index (χ1v) is 8.65. The van der Waals surface area contributed by atoms with Gasteiger partial charge in [0.05, 0.1) is 5.56 Å². The highest BCUT2D eigenvalue weighted by molar-refractivity contribution is 5.96. The van der Waals surface area contributed by atoms with Crippen molar-refractivity contribution in [3.63, 3.8) is 0 Å². The van der Waals surface area contributed by atoms with Gasteiger partial charge in [0.15, 0.2) is 0 Å². The summed E-state index contributed by atoms with van der Waals surface area (Å²) < 4.78 is 5.37. The van der Waals surface area contributed by atoms with Gasteiger partial charge >= 0.3 is 12.1 Å². The Hall–Kier alpha value is -2.82. The first-order chi connectivity index (χ1) is 12.2. The number of hydrogen-bond donors (Lipinski definition) is 1. The van der Waals surface area contributed by atoms with Gasteiger partial charge in [-0.15, -0.1) is 0 Å². The van der Waals surface area contributed by atoms with Crippen LogP contribution in [0.15, 0.2) is 48.5 Å². The zero-order valence-corrected chi connectivity index (χ0v) is 15.2. The number of amides is 1. The van der Waals surface area contributed by atoms with Gasteiger partial charge in [0.2, 0.25) is 0 Å². The molecule has 0 aliphatic carbocycles. The molecule has 3 rings (SSSR count). The average Bonchev–Trinajstić information content (AvgIpc) is 2.52. The molecule has 5 nitrogen and oxygen atoms in total. The van der Waals surface area contributed by atoms with Crippen molar-refractivity contribution in [2.45, 2.75) is 32.3 Å². The van der Waals surface area contributed by atoms with Gasteiger partial charge in [-0.1, -0.05) is 42.5 Å². The fraction of sp³-hybridized carbons (Fsp3) is 0.333. The number of carbonyl (C=O) groups is 2. The molecule has 136 valence electrons. The van der Waals surface area contributed by atoms with Gasteiger partial charge in [-0.3, -0.25) is 0 Å². The number of aromatic carboxylic acids is 1. The van der Waals surface area contributed by atoms with E-state index in [9.17, 15) is 14.7 Å². The van der Waals surface area contributed by atoms with Crippen LogP contribution in [0.25, 0.3) is 11.1 Å². The number of rotatable bonds is 3. The fourth-order valence-corrected chi connectivity index (χ4v) is 3.02. The SMILES string of the molecule is CC(C)(C)OC(=O)N1CC(c2ccc(-c3ccccc3C(=O)O)cc2)C1. The van der Waals surface area contributed by atoms with Gasteiger partial charge in [0.1, 0.15) is 5.60 Å². The van der Waals surface area contributed by atoms with Crippen LogP contribution in [0.1, 0.15) is 42.6 Å². The monoisotopic (exact) mass is 353 g/mol. The van der Waals surface area contributed by atoms with Crippen molar-refractivity contribution in [1.29, 1.82) is 0 Å². The fourth-order valence-electron chi connectivity index (χ4n) is 3.02. The Morgan fingerprint density at radius 1 is 1.04 bits per heavy atom. The molecule has 1 saturated heterocycles. The lowest BCUT2D eigenvalue weighted by Gasteiger charge is -2.40. The highest BCUT2D eigenvalue weighted by Crippen LogP contribution is 2.31. The lowest BCUT2D eigenvalue weighted by molar-refractivity contribution is 0.00818. The summed E-state index contributed by atoms with van der Waals surface area (Å²) >= 11 is 0. The number of ether oxygens (including phenoxy) is 1. The molecular formula is C21H23NO4. The first-order valence-electron chi connectivity index (χ1n) is 8.65. The van der Waals surface area contributed by atoms with Crippen molar-refractivity contribution >= 4 is 12.1 Å². The van der Waals surface area contributed by atoms with Gasteiger partial charge in [-0.25, -0.2) is 9.59 Å². The molecule has 0 unspecified atom stereocenters. The quantitative estimate of drug-likeness (QED) is 0.889. The molecule has 2 aromatic rings. The number of likely N-dealkylation sites (tertiary alicyclic amines) is 1. The minimum absolute atomic E-state index is 0.277. The largest absolute Gasteiger partial charge is 0.478 e. The molecule has 0 saturated carbocycles. The Labute approximate surface area is 153 Å². The molecule has 0 atom stereocenters. The van der Waals surface area contributed by atoms with Crippen molar-refractivity contribution in [2.75, 3.05) is 13.1 Å². The number of carboxylic acids is 1. The molecule has 0 spiro atoms. The van der Waals surface area contributed by atoms with Gasteiger partial charge < -0.3 is 14.7 Å². The van der Waals surface area contributed by atoms with Crippen LogP contribution in [0.2, 0.25) is 0 Å². The van der Waals surface area contributed by atoms with Crippen LogP contribution in [-0.4, -0.2) is 40.8 Å². The predicted molar refractivity (Wildman–Crippen MR) is 99.4 cm³/mol. The molecule has 0 radical (unpaired) electrons. The van der Waals surface area contributed by atoms with Crippen LogP contribution in [0.4, 0.5) is 4.79 Å². The summed E-state index contributed by atoms with van der Waals surface area (Å²) in [4.78, 5) is 25.1. The maximum atomic E-state index is 12.0. The molecule has 1 heterocycles. The maximum absolute atomic E-state index is 12.0. The standard InChI is InChI=1S/C21H23NO4/c1-21(2,3)26-20(25)22-12-16(13-22)14-8-10-15(11-9-14)17-6-4-5-7-18(17)19(23)24/h4-11,16H,12-13H2,1-3H3,(H,23,24). The smallest absolute Gasteiger partial charge is 0.410 e. The van der Waals surface area contributed by atoms with Crippen LogP contribution < -0.4 is 0 Å². The summed E-state index contributed by atoms with van der Waals surface area (Å²) in [5.41, 5.74) is 2.52. The van der Waals surface area contributed by atoms with Gasteiger partial charge in [0, 0.05) is 19.0 Å². The van der Waals surface area contributed by atoms with Crippen LogP contribution in [0.5, 0.6) is 0 Å². The Morgan fingerprint density at radius 3 is 2.23 bits per heavy atom. The third-order valence-electron chi connectivity index (χ3n) is 4.38. The van der Waals surface area contributed by atoms with Crippen LogP contribution in [0.3, 0.4) is 0 Å². The van der Waals surface area contributed by atoms with Crippen LogP contribution >= 0.6 is 0 Å². The molecule has 26 heavy (non-hydrogen) atoms. The number of hydrogen-bond acceptors (Lipinski definition) is 3. The van der Waals surface area contributed by atoms with Crippen molar-refractivity contribution in [3.8, 4) is 11.1 Å². The Bertz CT molecular complexity index is 815. The Kier molecular flexibility index (Phi) is 4.72. The van der Waals surface area contributed by atoms with E-state index >= 15 is 0 Å². The van der Waals surface area contributed by atoms with Crippen molar-refractivity contribution in [3.05, 3.63) is 59.7 Å². The number of benzene rings is 2. The minimum Gasteiger partial charge on any atom is -0.478 e. The molecule has 1 aliphatic rings. The predicted octanol–water partition coefficient (Wildman–Crippen LogP) is 4.39. The molecule has 0 aromatic heterocycles. The van der Waals surface area contributed by atoms with Crippen molar-refractivity contribution < 1.29 is 19.4 Å². The Balaban J connectivity index is 1.67. The van der Waals surface area contributed by atoms with Gasteiger partial charge in [0.25, 0.3) is 0 Å². The lowest BCUT2D eigenvalue weighted by atomic mass is 9.90. The number of nitrogens with zero attached hydrogens (tertiary/aromatic N) is 1. The molecule has 2 aromatic carbocycles. The van der Waals surface area contributed by atoms with E-state index in [0.717, 1.165) is 11.1 Å². The van der Waals surface area contributed by atoms with E-state index < -0.39 is 11.6 Å². The van der Waals surface area contributed by atoms with Crippen LogP contribution in [0, 0.1) is 0 Å². The third kappa shape index (κ3) is 3.87. The topological polar surface area (TPSA) is 66.8 Å². The highest BCUT2D eigenvalue weighted by atomic mass is 16.6. The Morgan fingerprint density at radius 2 is 1.65 bits per heavy atom. The minimum atomic E-state index is -0.934. The maximum Gasteiger partial charge on any atom is 0.410 e. The summed E-state index contributed by atoms with van der Waals surface area (Å²) in [6.07, 6.45) is -0.277. The zero-order chi connectivity index (χ0) is 18.9.